The maximum Gasteiger partial charge on any atom is 0.319 e. The standard InChI is InChI=1S/C16H16F3N5O2/c17-11-1-2-12(14(19)13(11)18)23-16(25)21-9-10-3-4-20-15(22-10)24-5-7-26-8-6-24/h1-4H,5-9H2,(H2,21,23,25). The summed E-state index contributed by atoms with van der Waals surface area (Å²) in [5.74, 6) is -3.91. The molecule has 2 N–H and O–H groups in total. The third-order valence-electron chi connectivity index (χ3n) is 3.71. The fraction of sp³-hybridized carbons (Fsp3) is 0.312. The minimum atomic E-state index is -1.64. The lowest BCUT2D eigenvalue weighted by Gasteiger charge is -2.26. The summed E-state index contributed by atoms with van der Waals surface area (Å²) < 4.78 is 44.9. The van der Waals surface area contributed by atoms with Gasteiger partial charge in [-0.15, -0.1) is 0 Å². The van der Waals surface area contributed by atoms with E-state index in [1.54, 1.807) is 12.3 Å². The first kappa shape index (κ1) is 17.9. The van der Waals surface area contributed by atoms with E-state index in [4.69, 9.17) is 4.74 Å². The minimum Gasteiger partial charge on any atom is -0.378 e. The first-order valence-electron chi connectivity index (χ1n) is 7.87. The third kappa shape index (κ3) is 4.20. The number of amides is 2. The molecule has 1 saturated heterocycles. The van der Waals surface area contributed by atoms with Gasteiger partial charge in [-0.05, 0) is 18.2 Å². The monoisotopic (exact) mass is 367 g/mol. The van der Waals surface area contributed by atoms with Crippen LogP contribution in [0.5, 0.6) is 0 Å². The fourth-order valence-corrected chi connectivity index (χ4v) is 2.36. The molecule has 0 radical (unpaired) electrons. The highest BCUT2D eigenvalue weighted by molar-refractivity contribution is 5.89. The number of hydrogen-bond acceptors (Lipinski definition) is 5. The van der Waals surface area contributed by atoms with Crippen molar-refractivity contribution in [3.63, 3.8) is 0 Å². The lowest BCUT2D eigenvalue weighted by Crippen LogP contribution is -2.37. The Bertz CT molecular complexity index is 799. The number of anilines is 2. The van der Waals surface area contributed by atoms with Crippen LogP contribution in [0.15, 0.2) is 24.4 Å². The van der Waals surface area contributed by atoms with Crippen LogP contribution in [-0.4, -0.2) is 42.3 Å². The van der Waals surface area contributed by atoms with Gasteiger partial charge in [0.2, 0.25) is 5.95 Å². The molecule has 7 nitrogen and oxygen atoms in total. The molecule has 0 saturated carbocycles. The number of urea groups is 1. The molecule has 2 aromatic rings. The molecule has 1 aliphatic rings. The molecule has 0 aliphatic carbocycles. The van der Waals surface area contributed by atoms with Crippen LogP contribution in [0.25, 0.3) is 0 Å². The fourth-order valence-electron chi connectivity index (χ4n) is 2.36. The number of carbonyl (C=O) groups is 1. The zero-order valence-corrected chi connectivity index (χ0v) is 13.6. The van der Waals surface area contributed by atoms with E-state index in [9.17, 15) is 18.0 Å². The van der Waals surface area contributed by atoms with Crippen LogP contribution in [0.3, 0.4) is 0 Å². The van der Waals surface area contributed by atoms with Crippen LogP contribution in [0.1, 0.15) is 5.69 Å². The lowest BCUT2D eigenvalue weighted by atomic mass is 10.3. The van der Waals surface area contributed by atoms with Crippen molar-refractivity contribution in [3.8, 4) is 0 Å². The van der Waals surface area contributed by atoms with Crippen LogP contribution >= 0.6 is 0 Å². The van der Waals surface area contributed by atoms with Gasteiger partial charge in [0.25, 0.3) is 0 Å². The lowest BCUT2D eigenvalue weighted by molar-refractivity contribution is 0.122. The van der Waals surface area contributed by atoms with Crippen LogP contribution in [0, 0.1) is 17.5 Å². The first-order chi connectivity index (χ1) is 12.5. The second-order valence-corrected chi connectivity index (χ2v) is 5.48. The number of nitrogens with one attached hydrogen (secondary N) is 2. The Morgan fingerprint density at radius 1 is 1.15 bits per heavy atom. The Morgan fingerprint density at radius 3 is 2.69 bits per heavy atom. The molecule has 1 aromatic heterocycles. The largest absolute Gasteiger partial charge is 0.378 e. The number of halogens is 3. The summed E-state index contributed by atoms with van der Waals surface area (Å²) in [4.78, 5) is 22.4. The normalized spacial score (nSPS) is 14.2. The zero-order valence-electron chi connectivity index (χ0n) is 13.6. The van der Waals surface area contributed by atoms with Crippen LogP contribution < -0.4 is 15.5 Å². The summed E-state index contributed by atoms with van der Waals surface area (Å²) in [6, 6.07) is 2.52. The highest BCUT2D eigenvalue weighted by Crippen LogP contribution is 2.19. The maximum absolute atomic E-state index is 13.6. The van der Waals surface area contributed by atoms with E-state index in [1.165, 1.54) is 0 Å². The van der Waals surface area contributed by atoms with Crippen molar-refractivity contribution in [2.24, 2.45) is 0 Å². The Balaban J connectivity index is 1.58. The Hall–Kier alpha value is -2.88. The molecular formula is C16H16F3N5O2. The van der Waals surface area contributed by atoms with Gasteiger partial charge in [0, 0.05) is 19.3 Å². The molecular weight excluding hydrogens is 351 g/mol. The molecule has 2 heterocycles. The van der Waals surface area contributed by atoms with Gasteiger partial charge in [-0.25, -0.2) is 27.9 Å². The highest BCUT2D eigenvalue weighted by atomic mass is 19.2. The van der Waals surface area contributed by atoms with Crippen molar-refractivity contribution < 1.29 is 22.7 Å². The predicted molar refractivity (Wildman–Crippen MR) is 87.2 cm³/mol. The summed E-state index contributed by atoms with van der Waals surface area (Å²) in [6.45, 7) is 2.58. The number of hydrogen-bond donors (Lipinski definition) is 2. The molecule has 10 heteroatoms. The number of carbonyl (C=O) groups excluding carboxylic acids is 1. The van der Waals surface area contributed by atoms with Crippen molar-refractivity contribution in [2.75, 3.05) is 36.5 Å². The predicted octanol–water partition coefficient (Wildman–Crippen LogP) is 2.05. The average Bonchev–Trinajstić information content (AvgIpc) is 2.68. The van der Waals surface area contributed by atoms with Crippen molar-refractivity contribution >= 4 is 17.7 Å². The summed E-state index contributed by atoms with van der Waals surface area (Å²) in [7, 11) is 0. The number of aromatic nitrogens is 2. The van der Waals surface area contributed by atoms with Gasteiger partial charge in [0.1, 0.15) is 0 Å². The van der Waals surface area contributed by atoms with E-state index in [2.05, 4.69) is 20.6 Å². The Labute approximate surface area is 147 Å². The molecule has 0 bridgehead atoms. The molecule has 0 spiro atoms. The molecule has 2 amide bonds. The van der Waals surface area contributed by atoms with Gasteiger partial charge >= 0.3 is 6.03 Å². The van der Waals surface area contributed by atoms with Crippen molar-refractivity contribution in [1.29, 1.82) is 0 Å². The first-order valence-corrected chi connectivity index (χ1v) is 7.87. The smallest absolute Gasteiger partial charge is 0.319 e. The molecule has 0 atom stereocenters. The Morgan fingerprint density at radius 2 is 1.92 bits per heavy atom. The van der Waals surface area contributed by atoms with Gasteiger partial charge in [-0.3, -0.25) is 0 Å². The van der Waals surface area contributed by atoms with E-state index in [0.29, 0.717) is 37.9 Å². The number of morpholine rings is 1. The molecule has 1 aromatic carbocycles. The number of ether oxygens (including phenoxy) is 1. The van der Waals surface area contributed by atoms with Gasteiger partial charge in [-0.2, -0.15) is 0 Å². The number of nitrogens with zero attached hydrogens (tertiary/aromatic N) is 3. The van der Waals surface area contributed by atoms with E-state index in [1.807, 2.05) is 4.90 Å². The van der Waals surface area contributed by atoms with Gasteiger partial charge in [0.15, 0.2) is 17.5 Å². The third-order valence-corrected chi connectivity index (χ3v) is 3.71. The molecule has 26 heavy (non-hydrogen) atoms. The van der Waals surface area contributed by atoms with Crippen LogP contribution in [0.2, 0.25) is 0 Å². The van der Waals surface area contributed by atoms with Crippen molar-refractivity contribution in [1.82, 2.24) is 15.3 Å². The second-order valence-electron chi connectivity index (χ2n) is 5.48. The maximum atomic E-state index is 13.6. The van der Waals surface area contributed by atoms with Crippen LogP contribution in [0.4, 0.5) is 29.6 Å². The summed E-state index contributed by atoms with van der Waals surface area (Å²) in [5, 5.41) is 4.60. The summed E-state index contributed by atoms with van der Waals surface area (Å²) in [6.07, 6.45) is 1.57. The molecule has 0 unspecified atom stereocenters. The van der Waals surface area contributed by atoms with Crippen LogP contribution in [-0.2, 0) is 11.3 Å². The summed E-state index contributed by atoms with van der Waals surface area (Å²) >= 11 is 0. The minimum absolute atomic E-state index is 0.0526. The molecule has 3 rings (SSSR count). The van der Waals surface area contributed by atoms with E-state index in [0.717, 1.165) is 12.1 Å². The van der Waals surface area contributed by atoms with Crippen molar-refractivity contribution in [2.45, 2.75) is 6.54 Å². The topological polar surface area (TPSA) is 79.4 Å². The average molecular weight is 367 g/mol. The Kier molecular flexibility index (Phi) is 5.52. The van der Waals surface area contributed by atoms with Crippen molar-refractivity contribution in [3.05, 3.63) is 47.5 Å². The molecule has 1 aliphatic heterocycles. The number of benzene rings is 1. The number of rotatable bonds is 4. The summed E-state index contributed by atoms with van der Waals surface area (Å²) in [5.41, 5.74) is 0.0838. The SMILES string of the molecule is O=C(NCc1ccnc(N2CCOCC2)n1)Nc1ccc(F)c(F)c1F. The van der Waals surface area contributed by atoms with Gasteiger partial charge in [0.05, 0.1) is 31.1 Å². The second kappa shape index (κ2) is 8.00. The van der Waals surface area contributed by atoms with E-state index >= 15 is 0 Å². The molecule has 138 valence electrons. The highest BCUT2D eigenvalue weighted by Gasteiger charge is 2.16. The van der Waals surface area contributed by atoms with Gasteiger partial charge < -0.3 is 20.3 Å². The van der Waals surface area contributed by atoms with E-state index in [-0.39, 0.29) is 6.54 Å². The quantitative estimate of drug-likeness (QED) is 0.809. The van der Waals surface area contributed by atoms with Gasteiger partial charge in [-0.1, -0.05) is 0 Å². The zero-order chi connectivity index (χ0) is 18.5. The molecule has 1 fully saturated rings. The van der Waals surface area contributed by atoms with E-state index < -0.39 is 29.2 Å².